The largest absolute Gasteiger partial charge is 0.543 e. The molecule has 0 aromatic rings. The van der Waals surface area contributed by atoms with E-state index in [1.165, 1.54) is 0 Å². The third-order valence-electron chi connectivity index (χ3n) is 0.561. The Morgan fingerprint density at radius 2 is 1.73 bits per heavy atom. The molecule has 0 saturated carbocycles. The molecule has 0 atom stereocenters. The minimum atomic E-state index is -2.19. The molecular weight excluding hydrogens is 152 g/mol. The first-order valence-corrected chi connectivity index (χ1v) is 2.92. The Labute approximate surface area is 64.0 Å². The van der Waals surface area contributed by atoms with E-state index in [2.05, 4.69) is 12.3 Å². The fourth-order valence-corrected chi connectivity index (χ4v) is 0.144. The van der Waals surface area contributed by atoms with Gasteiger partial charge < -0.3 is 19.8 Å². The molecular formula is C5H10N2O4-2. The maximum Gasteiger partial charge on any atom is 0.0870 e. The Bertz CT molecular complexity index is 112. The predicted molar refractivity (Wildman–Crippen MR) is 32.5 cm³/mol. The zero-order valence-corrected chi connectivity index (χ0v) is 6.12. The standard InChI is InChI=1S/C3H10N2.C2H2O4/c1-2-3-5-4;3-1(4)2(5)6/h5H,2-4H2,1H3;(H,3,4)(H,5,6)/p-2. The van der Waals surface area contributed by atoms with Crippen molar-refractivity contribution < 1.29 is 19.8 Å². The minimum Gasteiger partial charge on any atom is -0.543 e. The highest BCUT2D eigenvalue weighted by atomic mass is 16.4. The van der Waals surface area contributed by atoms with Gasteiger partial charge in [-0.05, 0) is 6.42 Å². The van der Waals surface area contributed by atoms with Crippen LogP contribution in [0.25, 0.3) is 0 Å². The molecule has 0 amide bonds. The number of aliphatic carboxylic acids is 2. The second kappa shape index (κ2) is 8.86. The van der Waals surface area contributed by atoms with Crippen LogP contribution in [0.3, 0.4) is 0 Å². The summed E-state index contributed by atoms with van der Waals surface area (Å²) in [6, 6.07) is 0. The minimum absolute atomic E-state index is 0.917. The van der Waals surface area contributed by atoms with Crippen molar-refractivity contribution in [2.24, 2.45) is 5.84 Å². The number of carbonyl (C=O) groups excluding carboxylic acids is 2. The van der Waals surface area contributed by atoms with Gasteiger partial charge in [-0.15, -0.1) is 0 Å². The molecule has 3 N–H and O–H groups in total. The molecule has 0 heterocycles. The van der Waals surface area contributed by atoms with E-state index in [1.807, 2.05) is 0 Å². The number of hydrogen-bond donors (Lipinski definition) is 2. The van der Waals surface area contributed by atoms with Gasteiger partial charge >= 0.3 is 0 Å². The Morgan fingerprint density at radius 1 is 1.36 bits per heavy atom. The number of nitrogens with two attached hydrogens (primary N) is 1. The fraction of sp³-hybridized carbons (Fsp3) is 0.600. The lowest BCUT2D eigenvalue weighted by Gasteiger charge is -1.97. The van der Waals surface area contributed by atoms with Gasteiger partial charge in [0.25, 0.3) is 0 Å². The van der Waals surface area contributed by atoms with Crippen LogP contribution >= 0.6 is 0 Å². The van der Waals surface area contributed by atoms with Gasteiger partial charge in [0, 0.05) is 6.54 Å². The zero-order valence-electron chi connectivity index (χ0n) is 6.12. The molecule has 0 radical (unpaired) electrons. The first-order valence-electron chi connectivity index (χ1n) is 2.92. The smallest absolute Gasteiger partial charge is 0.0870 e. The number of carboxylic acid groups (broad SMARTS) is 2. The van der Waals surface area contributed by atoms with Crippen LogP contribution in [-0.4, -0.2) is 18.5 Å². The van der Waals surface area contributed by atoms with Crippen LogP contribution in [0.15, 0.2) is 0 Å². The van der Waals surface area contributed by atoms with Crippen molar-refractivity contribution in [3.8, 4) is 0 Å². The highest BCUT2D eigenvalue weighted by molar-refractivity contribution is 6.25. The van der Waals surface area contributed by atoms with Crippen molar-refractivity contribution in [2.45, 2.75) is 13.3 Å². The highest BCUT2D eigenvalue weighted by Gasteiger charge is 1.75. The van der Waals surface area contributed by atoms with Crippen LogP contribution in [0.1, 0.15) is 13.3 Å². The first-order chi connectivity index (χ1) is 5.06. The summed E-state index contributed by atoms with van der Waals surface area (Å²) in [5.41, 5.74) is 2.52. The Balaban J connectivity index is 0. The molecule has 0 bridgehead atoms. The van der Waals surface area contributed by atoms with Gasteiger partial charge in [0.1, 0.15) is 0 Å². The summed E-state index contributed by atoms with van der Waals surface area (Å²) in [7, 11) is 0. The number of carbonyl (C=O) groups is 2. The normalized spacial score (nSPS) is 7.82. The van der Waals surface area contributed by atoms with Gasteiger partial charge in [0.2, 0.25) is 0 Å². The summed E-state index contributed by atoms with van der Waals surface area (Å²) in [5.74, 6) is 0.519. The van der Waals surface area contributed by atoms with E-state index in [-0.39, 0.29) is 0 Å². The second-order valence-electron chi connectivity index (χ2n) is 1.53. The van der Waals surface area contributed by atoms with Crippen LogP contribution in [0, 0.1) is 0 Å². The summed E-state index contributed by atoms with van der Waals surface area (Å²) in [4.78, 5) is 17.9. The number of carboxylic acids is 2. The predicted octanol–water partition coefficient (Wildman–Crippen LogP) is -3.65. The number of hydrazine groups is 1. The molecule has 11 heavy (non-hydrogen) atoms. The number of nitrogens with one attached hydrogen (secondary N) is 1. The quantitative estimate of drug-likeness (QED) is 0.245. The van der Waals surface area contributed by atoms with Crippen LogP contribution in [-0.2, 0) is 9.59 Å². The maximum atomic E-state index is 8.93. The lowest BCUT2D eigenvalue weighted by molar-refractivity contribution is -0.345. The van der Waals surface area contributed by atoms with E-state index < -0.39 is 11.9 Å². The van der Waals surface area contributed by atoms with E-state index >= 15 is 0 Å². The third-order valence-corrected chi connectivity index (χ3v) is 0.561. The lowest BCUT2D eigenvalue weighted by atomic mass is 10.5. The Morgan fingerprint density at radius 3 is 1.73 bits per heavy atom. The van der Waals surface area contributed by atoms with E-state index in [0.717, 1.165) is 13.0 Å². The van der Waals surface area contributed by atoms with Crippen molar-refractivity contribution in [3.05, 3.63) is 0 Å². The van der Waals surface area contributed by atoms with Gasteiger partial charge in [-0.2, -0.15) is 0 Å². The summed E-state index contributed by atoms with van der Waals surface area (Å²) >= 11 is 0. The Hall–Kier alpha value is -1.14. The van der Waals surface area contributed by atoms with Gasteiger partial charge in [-0.3, -0.25) is 11.3 Å². The van der Waals surface area contributed by atoms with Crippen molar-refractivity contribution in [3.63, 3.8) is 0 Å². The van der Waals surface area contributed by atoms with E-state index in [4.69, 9.17) is 25.6 Å². The summed E-state index contributed by atoms with van der Waals surface area (Å²) in [5, 5.41) is 17.9. The van der Waals surface area contributed by atoms with Crippen molar-refractivity contribution >= 4 is 11.9 Å². The SMILES string of the molecule is CCCNN.O=C([O-])C(=O)[O-]. The van der Waals surface area contributed by atoms with Gasteiger partial charge in [0.05, 0.1) is 11.9 Å². The topological polar surface area (TPSA) is 118 Å². The Kier molecular flexibility index (Phi) is 10.1. The second-order valence-corrected chi connectivity index (χ2v) is 1.53. The van der Waals surface area contributed by atoms with Crippen LogP contribution in [0.5, 0.6) is 0 Å². The maximum absolute atomic E-state index is 8.93. The third kappa shape index (κ3) is 17.7. The molecule has 6 nitrogen and oxygen atoms in total. The molecule has 0 saturated heterocycles. The molecule has 0 fully saturated rings. The molecule has 0 aliphatic rings. The number of rotatable bonds is 2. The van der Waals surface area contributed by atoms with Crippen LogP contribution in [0.4, 0.5) is 0 Å². The monoisotopic (exact) mass is 162 g/mol. The molecule has 6 heteroatoms. The zero-order chi connectivity index (χ0) is 9.28. The van der Waals surface area contributed by atoms with Gasteiger partial charge in [0.15, 0.2) is 0 Å². The van der Waals surface area contributed by atoms with Crippen molar-refractivity contribution in [2.75, 3.05) is 6.54 Å². The molecule has 0 unspecified atom stereocenters. The lowest BCUT2D eigenvalue weighted by Crippen LogP contribution is -2.42. The van der Waals surface area contributed by atoms with Gasteiger partial charge in [-0.25, -0.2) is 0 Å². The molecule has 0 aromatic carbocycles. The summed E-state index contributed by atoms with van der Waals surface area (Å²) in [6.07, 6.45) is 1.11. The molecule has 0 aliphatic heterocycles. The van der Waals surface area contributed by atoms with Gasteiger partial charge in [-0.1, -0.05) is 6.92 Å². The molecule has 0 rings (SSSR count). The average Bonchev–Trinajstić information content (AvgIpc) is 1.90. The van der Waals surface area contributed by atoms with E-state index in [1.54, 1.807) is 0 Å². The summed E-state index contributed by atoms with van der Waals surface area (Å²) < 4.78 is 0. The average molecular weight is 162 g/mol. The first kappa shape index (κ1) is 12.5. The molecule has 0 aromatic heterocycles. The van der Waals surface area contributed by atoms with E-state index in [9.17, 15) is 0 Å². The highest BCUT2D eigenvalue weighted by Crippen LogP contribution is 1.61. The summed E-state index contributed by atoms with van der Waals surface area (Å²) in [6.45, 7) is 2.99. The molecule has 0 spiro atoms. The molecule has 66 valence electrons. The van der Waals surface area contributed by atoms with E-state index in [0.29, 0.717) is 0 Å². The molecule has 0 aliphatic carbocycles. The van der Waals surface area contributed by atoms with Crippen LogP contribution in [0.2, 0.25) is 0 Å². The van der Waals surface area contributed by atoms with Crippen molar-refractivity contribution in [1.29, 1.82) is 0 Å². The van der Waals surface area contributed by atoms with Crippen LogP contribution < -0.4 is 21.5 Å². The number of hydrogen-bond acceptors (Lipinski definition) is 6. The van der Waals surface area contributed by atoms with Crippen molar-refractivity contribution in [1.82, 2.24) is 5.43 Å². The fourth-order valence-electron chi connectivity index (χ4n) is 0.144.